The van der Waals surface area contributed by atoms with Crippen LogP contribution in [0.2, 0.25) is 0 Å². The van der Waals surface area contributed by atoms with Crippen molar-refractivity contribution in [1.82, 2.24) is 9.88 Å². The number of carbonyl (C=O) groups is 1. The second-order valence-electron chi connectivity index (χ2n) is 8.49. The van der Waals surface area contributed by atoms with Crippen molar-refractivity contribution >= 4 is 40.7 Å². The number of rotatable bonds is 8. The van der Waals surface area contributed by atoms with E-state index in [-0.39, 0.29) is 24.7 Å². The number of carboxylic acid groups (broad SMARTS) is 1. The lowest BCUT2D eigenvalue weighted by Gasteiger charge is -2.11. The highest BCUT2D eigenvalue weighted by molar-refractivity contribution is 6.21. The van der Waals surface area contributed by atoms with Gasteiger partial charge in [-0.25, -0.2) is 9.38 Å². The van der Waals surface area contributed by atoms with Crippen LogP contribution < -0.4 is 0 Å². The van der Waals surface area contributed by atoms with E-state index in [4.69, 9.17) is 10.1 Å². The molecule has 8 heteroatoms. The molecule has 0 saturated carbocycles. The van der Waals surface area contributed by atoms with Crippen LogP contribution in [0, 0.1) is 5.82 Å². The number of aromatic hydroxyl groups is 1. The average molecular weight is 496 g/mol. The molecule has 35 heavy (non-hydrogen) atoms. The summed E-state index contributed by atoms with van der Waals surface area (Å²) in [5, 5.41) is 20.3. The Labute approximate surface area is 209 Å². The first-order valence-electron chi connectivity index (χ1n) is 10.9. The molecule has 3 aromatic carbocycles. The van der Waals surface area contributed by atoms with Crippen molar-refractivity contribution in [3.63, 3.8) is 0 Å². The summed E-state index contributed by atoms with van der Waals surface area (Å²) >= 11 is 0. The van der Waals surface area contributed by atoms with Crippen LogP contribution in [0.5, 0.6) is 5.88 Å². The Kier molecular flexibility index (Phi) is 8.27. The van der Waals surface area contributed by atoms with Crippen molar-refractivity contribution in [2.45, 2.75) is 19.4 Å². The Morgan fingerprint density at radius 3 is 2.29 bits per heavy atom. The molecule has 0 aliphatic carbocycles. The normalized spacial score (nSPS) is 11.6. The number of hydrogen-bond donors (Lipinski definition) is 3. The number of carboxylic acids is 1. The van der Waals surface area contributed by atoms with Gasteiger partial charge >= 0.3 is 5.97 Å². The predicted octanol–water partition coefficient (Wildman–Crippen LogP) is 5.68. The number of aromatic nitrogens is 1. The molecular formula is C27H27ClFN3O3. The maximum Gasteiger partial charge on any atom is 0.303 e. The van der Waals surface area contributed by atoms with E-state index in [9.17, 15) is 14.3 Å². The minimum atomic E-state index is -0.847. The number of hydrogen-bond acceptors (Lipinski definition) is 4. The molecule has 0 spiro atoms. The molecule has 6 nitrogen and oxygen atoms in total. The van der Waals surface area contributed by atoms with E-state index in [1.54, 1.807) is 6.07 Å². The van der Waals surface area contributed by atoms with E-state index in [0.717, 1.165) is 23.2 Å². The minimum Gasteiger partial charge on any atom is -0.494 e. The van der Waals surface area contributed by atoms with Crippen molar-refractivity contribution in [3.05, 3.63) is 94.8 Å². The molecule has 3 N–H and O–H groups in total. The van der Waals surface area contributed by atoms with Gasteiger partial charge in [0.1, 0.15) is 5.82 Å². The fraction of sp³-hybridized carbons (Fsp3) is 0.185. The van der Waals surface area contributed by atoms with Crippen LogP contribution >= 0.6 is 12.4 Å². The summed E-state index contributed by atoms with van der Waals surface area (Å²) in [5.74, 6) is -1.35. The number of aliphatic imine (C=N–C) groups is 1. The largest absolute Gasteiger partial charge is 0.494 e. The second-order valence-corrected chi connectivity index (χ2v) is 8.49. The summed E-state index contributed by atoms with van der Waals surface area (Å²) < 4.78 is 13.8. The first kappa shape index (κ1) is 25.9. The van der Waals surface area contributed by atoms with Gasteiger partial charge in [0.25, 0.3) is 0 Å². The molecule has 0 aliphatic heterocycles. The Balaban J connectivity index is 0.00000342. The second kappa shape index (κ2) is 11.2. The molecule has 0 saturated heterocycles. The predicted molar refractivity (Wildman–Crippen MR) is 139 cm³/mol. The first-order chi connectivity index (χ1) is 16.3. The molecule has 0 bridgehead atoms. The summed E-state index contributed by atoms with van der Waals surface area (Å²) in [7, 11) is 4.01. The zero-order valence-corrected chi connectivity index (χ0v) is 20.3. The fourth-order valence-corrected chi connectivity index (χ4v) is 3.91. The summed E-state index contributed by atoms with van der Waals surface area (Å²) in [4.78, 5) is 20.7. The first-order valence-corrected chi connectivity index (χ1v) is 10.9. The number of H-pyrrole nitrogens is 1. The van der Waals surface area contributed by atoms with E-state index in [1.165, 1.54) is 12.1 Å². The monoisotopic (exact) mass is 495 g/mol. The molecule has 1 heterocycles. The molecule has 1 aromatic heterocycles. The SMILES string of the molecule is CN(C)Cc1ccc(N=C(c2ccc(CCC(=O)O)cc2)c2c(O)[nH]c3cc(F)ccc23)cc1.Cl. The van der Waals surface area contributed by atoms with E-state index in [1.807, 2.05) is 62.6 Å². The van der Waals surface area contributed by atoms with Gasteiger partial charge in [-0.1, -0.05) is 36.4 Å². The van der Waals surface area contributed by atoms with E-state index < -0.39 is 11.8 Å². The zero-order chi connectivity index (χ0) is 24.2. The molecule has 0 radical (unpaired) electrons. The highest BCUT2D eigenvalue weighted by Gasteiger charge is 2.19. The van der Waals surface area contributed by atoms with Crippen molar-refractivity contribution in [1.29, 1.82) is 0 Å². The third-order valence-electron chi connectivity index (χ3n) is 5.51. The lowest BCUT2D eigenvalue weighted by Crippen LogP contribution is -2.10. The molecule has 0 aliphatic rings. The average Bonchev–Trinajstić information content (AvgIpc) is 3.11. The van der Waals surface area contributed by atoms with Crippen LogP contribution in [0.3, 0.4) is 0 Å². The van der Waals surface area contributed by atoms with Crippen molar-refractivity contribution in [3.8, 4) is 5.88 Å². The summed E-state index contributed by atoms with van der Waals surface area (Å²) in [6, 6.07) is 19.6. The molecule has 0 fully saturated rings. The van der Waals surface area contributed by atoms with Crippen molar-refractivity contribution in [2.24, 2.45) is 4.99 Å². The molecule has 0 amide bonds. The number of benzene rings is 3. The fourth-order valence-electron chi connectivity index (χ4n) is 3.91. The van der Waals surface area contributed by atoms with E-state index in [2.05, 4.69) is 9.88 Å². The van der Waals surface area contributed by atoms with Gasteiger partial charge in [-0.15, -0.1) is 12.4 Å². The third-order valence-corrected chi connectivity index (χ3v) is 5.51. The number of fused-ring (bicyclic) bond motifs is 1. The molecule has 4 aromatic rings. The number of halogens is 2. The van der Waals surface area contributed by atoms with Gasteiger partial charge in [0, 0.05) is 23.9 Å². The van der Waals surface area contributed by atoms with Gasteiger partial charge in [-0.2, -0.15) is 0 Å². The Morgan fingerprint density at radius 1 is 1.00 bits per heavy atom. The maximum atomic E-state index is 13.8. The van der Waals surface area contributed by atoms with Crippen molar-refractivity contribution < 1.29 is 19.4 Å². The number of aromatic amines is 1. The number of aryl methyl sites for hydroxylation is 1. The Morgan fingerprint density at radius 2 is 1.66 bits per heavy atom. The van der Waals surface area contributed by atoms with Gasteiger partial charge in [0.2, 0.25) is 0 Å². The molecule has 182 valence electrons. The van der Waals surface area contributed by atoms with Gasteiger partial charge in [0.05, 0.1) is 22.5 Å². The standard InChI is InChI=1S/C27H26FN3O3.ClH/c1-31(2)16-18-5-11-21(12-6-18)29-26(19-8-3-17(4-9-19)7-14-24(32)33)25-22-13-10-20(28)15-23(22)30-27(25)34;/h3-6,8-13,15,30,34H,7,14,16H2,1-2H3,(H,32,33);1H. The lowest BCUT2D eigenvalue weighted by molar-refractivity contribution is -0.136. The maximum absolute atomic E-state index is 13.8. The van der Waals surface area contributed by atoms with Crippen LogP contribution in [0.1, 0.15) is 28.7 Å². The highest BCUT2D eigenvalue weighted by atomic mass is 35.5. The minimum absolute atomic E-state index is 0. The Bertz CT molecular complexity index is 1350. The lowest BCUT2D eigenvalue weighted by atomic mass is 9.98. The molecular weight excluding hydrogens is 469 g/mol. The number of nitrogens with one attached hydrogen (secondary N) is 1. The van der Waals surface area contributed by atoms with Gasteiger partial charge < -0.3 is 20.1 Å². The quantitative estimate of drug-likeness (QED) is 0.274. The summed E-state index contributed by atoms with van der Waals surface area (Å²) in [5.41, 5.74) is 4.98. The topological polar surface area (TPSA) is 88.9 Å². The highest BCUT2D eigenvalue weighted by Crippen LogP contribution is 2.32. The van der Waals surface area contributed by atoms with E-state index in [0.29, 0.717) is 34.3 Å². The van der Waals surface area contributed by atoms with Crippen LogP contribution in [0.4, 0.5) is 10.1 Å². The van der Waals surface area contributed by atoms with Gasteiger partial charge in [0.15, 0.2) is 5.88 Å². The molecule has 0 atom stereocenters. The Hall–Kier alpha value is -3.68. The van der Waals surface area contributed by atoms with Gasteiger partial charge in [-0.05, 0) is 62.0 Å². The van der Waals surface area contributed by atoms with Crippen LogP contribution in [-0.2, 0) is 17.8 Å². The van der Waals surface area contributed by atoms with E-state index >= 15 is 0 Å². The van der Waals surface area contributed by atoms with Crippen LogP contribution in [0.15, 0.2) is 71.7 Å². The third kappa shape index (κ3) is 6.26. The zero-order valence-electron chi connectivity index (χ0n) is 19.5. The molecule has 0 unspecified atom stereocenters. The smallest absolute Gasteiger partial charge is 0.303 e. The van der Waals surface area contributed by atoms with Crippen molar-refractivity contribution in [2.75, 3.05) is 14.1 Å². The number of nitrogens with zero attached hydrogens (tertiary/aromatic N) is 2. The molecule has 4 rings (SSSR count). The summed E-state index contributed by atoms with van der Waals surface area (Å²) in [6.07, 6.45) is 0.474. The number of aliphatic carboxylic acids is 1. The van der Waals surface area contributed by atoms with Crippen LogP contribution in [-0.4, -0.2) is 45.9 Å². The van der Waals surface area contributed by atoms with Crippen LogP contribution in [0.25, 0.3) is 10.9 Å². The van der Waals surface area contributed by atoms with Gasteiger partial charge in [-0.3, -0.25) is 4.79 Å². The summed E-state index contributed by atoms with van der Waals surface area (Å²) in [6.45, 7) is 0.809.